The first-order valence-electron chi connectivity index (χ1n) is 5.75. The van der Waals surface area contributed by atoms with Gasteiger partial charge in [0, 0.05) is 18.0 Å². The molecule has 1 fully saturated rings. The Morgan fingerprint density at radius 2 is 2.17 bits per heavy atom. The molecule has 0 aliphatic heterocycles. The number of amides is 1. The summed E-state index contributed by atoms with van der Waals surface area (Å²) in [5.74, 6) is 0.0301. The molecule has 2 N–H and O–H groups in total. The number of nitrogens with zero attached hydrogens (tertiary/aromatic N) is 1. The molecule has 1 saturated carbocycles. The van der Waals surface area contributed by atoms with E-state index < -0.39 is 10.0 Å². The highest BCUT2D eigenvalue weighted by Crippen LogP contribution is 2.25. The van der Waals surface area contributed by atoms with Gasteiger partial charge >= 0.3 is 0 Å². The minimum absolute atomic E-state index is 0.0301. The Balaban J connectivity index is 2.01. The number of hydrogen-bond acceptors (Lipinski definition) is 4. The largest absolute Gasteiger partial charge is 0.342 e. The number of nitrogens with two attached hydrogens (primary N) is 1. The molecule has 0 aromatic carbocycles. The molecule has 1 aromatic heterocycles. The van der Waals surface area contributed by atoms with E-state index in [2.05, 4.69) is 0 Å². The van der Waals surface area contributed by atoms with Gasteiger partial charge in [-0.2, -0.15) is 0 Å². The van der Waals surface area contributed by atoms with Gasteiger partial charge in [-0.3, -0.25) is 4.79 Å². The molecule has 2 rings (SSSR count). The van der Waals surface area contributed by atoms with Crippen LogP contribution in [0.1, 0.15) is 24.1 Å². The van der Waals surface area contributed by atoms with Gasteiger partial charge in [0.25, 0.3) is 0 Å². The van der Waals surface area contributed by atoms with Crippen LogP contribution in [-0.2, 0) is 21.2 Å². The number of thiophene rings is 1. The maximum atomic E-state index is 12.0. The highest BCUT2D eigenvalue weighted by molar-refractivity contribution is 7.91. The van der Waals surface area contributed by atoms with Crippen LogP contribution in [-0.4, -0.2) is 32.3 Å². The van der Waals surface area contributed by atoms with Crippen molar-refractivity contribution < 1.29 is 13.2 Å². The Kier molecular flexibility index (Phi) is 3.74. The molecule has 1 aromatic rings. The van der Waals surface area contributed by atoms with Gasteiger partial charge in [-0.1, -0.05) is 0 Å². The van der Waals surface area contributed by atoms with Crippen LogP contribution >= 0.6 is 11.3 Å². The number of sulfonamides is 1. The molecule has 100 valence electrons. The molecule has 1 amide bonds. The van der Waals surface area contributed by atoms with Crippen LogP contribution in [0.15, 0.2) is 16.3 Å². The van der Waals surface area contributed by atoms with E-state index in [-0.39, 0.29) is 16.5 Å². The second-order valence-corrected chi connectivity index (χ2v) is 7.49. The van der Waals surface area contributed by atoms with Crippen molar-refractivity contribution in [2.75, 3.05) is 7.05 Å². The summed E-state index contributed by atoms with van der Waals surface area (Å²) in [7, 11) is -1.85. The summed E-state index contributed by atoms with van der Waals surface area (Å²) in [5, 5.41) is 5.03. The molecule has 7 heteroatoms. The summed E-state index contributed by atoms with van der Waals surface area (Å²) in [6.07, 6.45) is 3.55. The molecule has 18 heavy (non-hydrogen) atoms. The molecule has 1 aliphatic rings. The summed E-state index contributed by atoms with van der Waals surface area (Å²) in [4.78, 5) is 14.5. The number of primary sulfonamides is 1. The van der Waals surface area contributed by atoms with Gasteiger partial charge < -0.3 is 4.90 Å². The third-order valence-corrected chi connectivity index (χ3v) is 5.78. The van der Waals surface area contributed by atoms with E-state index >= 15 is 0 Å². The van der Waals surface area contributed by atoms with Crippen LogP contribution in [0.5, 0.6) is 0 Å². The van der Waals surface area contributed by atoms with Gasteiger partial charge in [0.05, 0.1) is 6.42 Å². The molecule has 0 unspecified atom stereocenters. The third-order valence-electron chi connectivity index (χ3n) is 3.26. The molecular weight excluding hydrogens is 272 g/mol. The lowest BCUT2D eigenvalue weighted by Gasteiger charge is -2.34. The first kappa shape index (κ1) is 13.5. The Bertz CT molecular complexity index is 546. The van der Waals surface area contributed by atoms with E-state index in [0.717, 1.165) is 29.1 Å². The third kappa shape index (κ3) is 2.90. The summed E-state index contributed by atoms with van der Waals surface area (Å²) < 4.78 is 22.4. The van der Waals surface area contributed by atoms with Gasteiger partial charge in [-0.25, -0.2) is 13.6 Å². The van der Waals surface area contributed by atoms with Crippen LogP contribution < -0.4 is 5.14 Å². The smallest absolute Gasteiger partial charge is 0.247 e. The molecule has 0 radical (unpaired) electrons. The van der Waals surface area contributed by atoms with Crippen LogP contribution in [0.4, 0.5) is 0 Å². The van der Waals surface area contributed by atoms with E-state index in [9.17, 15) is 13.2 Å². The number of likely N-dealkylation sites (N-methyl/N-ethyl adjacent to an activating group) is 1. The lowest BCUT2D eigenvalue weighted by atomic mass is 9.92. The van der Waals surface area contributed by atoms with Crippen molar-refractivity contribution >= 4 is 27.3 Å². The zero-order valence-electron chi connectivity index (χ0n) is 10.1. The number of carbonyl (C=O) groups is 1. The molecular formula is C11H16N2O3S2. The Labute approximate surface area is 111 Å². The van der Waals surface area contributed by atoms with E-state index in [1.54, 1.807) is 18.0 Å². The fourth-order valence-corrected chi connectivity index (χ4v) is 3.63. The molecule has 0 spiro atoms. The van der Waals surface area contributed by atoms with E-state index in [4.69, 9.17) is 5.14 Å². The minimum atomic E-state index is -3.65. The topological polar surface area (TPSA) is 80.5 Å². The van der Waals surface area contributed by atoms with Crippen molar-refractivity contribution in [3.63, 3.8) is 0 Å². The fraction of sp³-hybridized carbons (Fsp3) is 0.545. The second kappa shape index (κ2) is 4.99. The SMILES string of the molecule is CN(C(=O)Cc1ccc(S(N)(=O)=O)s1)C1CCC1. The van der Waals surface area contributed by atoms with Crippen molar-refractivity contribution in [3.8, 4) is 0 Å². The lowest BCUT2D eigenvalue weighted by Crippen LogP contribution is -2.41. The summed E-state index contributed by atoms with van der Waals surface area (Å²) in [6, 6.07) is 3.46. The van der Waals surface area contributed by atoms with E-state index in [1.807, 2.05) is 0 Å². The standard InChI is InChI=1S/C11H16N2O3S2/c1-13(8-3-2-4-8)10(14)7-9-5-6-11(17-9)18(12,15)16/h5-6,8H,2-4,7H2,1H3,(H2,12,15,16). The summed E-state index contributed by atoms with van der Waals surface area (Å²) in [6.45, 7) is 0. The van der Waals surface area contributed by atoms with Crippen molar-refractivity contribution in [1.82, 2.24) is 4.90 Å². The Hall–Kier alpha value is -0.920. The highest BCUT2D eigenvalue weighted by Gasteiger charge is 2.25. The van der Waals surface area contributed by atoms with Gasteiger partial charge in [0.1, 0.15) is 4.21 Å². The van der Waals surface area contributed by atoms with Crippen molar-refractivity contribution in [2.24, 2.45) is 5.14 Å². The van der Waals surface area contributed by atoms with Gasteiger partial charge in [0.15, 0.2) is 0 Å². The summed E-state index contributed by atoms with van der Waals surface area (Å²) >= 11 is 1.06. The molecule has 0 atom stereocenters. The zero-order valence-corrected chi connectivity index (χ0v) is 11.8. The van der Waals surface area contributed by atoms with Crippen LogP contribution in [0.25, 0.3) is 0 Å². The average molecular weight is 288 g/mol. The Morgan fingerprint density at radius 3 is 2.61 bits per heavy atom. The molecule has 0 saturated heterocycles. The monoisotopic (exact) mass is 288 g/mol. The molecule has 1 heterocycles. The quantitative estimate of drug-likeness (QED) is 0.895. The Morgan fingerprint density at radius 1 is 1.50 bits per heavy atom. The maximum absolute atomic E-state index is 12.0. The highest BCUT2D eigenvalue weighted by atomic mass is 32.2. The molecule has 0 bridgehead atoms. The lowest BCUT2D eigenvalue weighted by molar-refractivity contribution is -0.132. The van der Waals surface area contributed by atoms with Crippen LogP contribution in [0.3, 0.4) is 0 Å². The maximum Gasteiger partial charge on any atom is 0.247 e. The molecule has 1 aliphatic carbocycles. The van der Waals surface area contributed by atoms with Crippen molar-refractivity contribution in [3.05, 3.63) is 17.0 Å². The summed E-state index contributed by atoms with van der Waals surface area (Å²) in [5.41, 5.74) is 0. The number of rotatable bonds is 4. The second-order valence-electron chi connectivity index (χ2n) is 4.53. The first-order valence-corrected chi connectivity index (χ1v) is 8.11. The predicted octanol–water partition coefficient (Wildman–Crippen LogP) is 0.949. The average Bonchev–Trinajstić information content (AvgIpc) is 2.62. The first-order chi connectivity index (χ1) is 8.38. The van der Waals surface area contributed by atoms with Gasteiger partial charge in [-0.05, 0) is 31.4 Å². The van der Waals surface area contributed by atoms with Crippen molar-refractivity contribution in [1.29, 1.82) is 0 Å². The predicted molar refractivity (Wildman–Crippen MR) is 69.8 cm³/mol. The van der Waals surface area contributed by atoms with E-state index in [0.29, 0.717) is 6.04 Å². The molecule has 5 nitrogen and oxygen atoms in total. The normalized spacial score (nSPS) is 16.3. The minimum Gasteiger partial charge on any atom is -0.342 e. The zero-order chi connectivity index (χ0) is 13.3. The van der Waals surface area contributed by atoms with Gasteiger partial charge in [-0.15, -0.1) is 11.3 Å². The van der Waals surface area contributed by atoms with Crippen LogP contribution in [0, 0.1) is 0 Å². The fourth-order valence-electron chi connectivity index (χ4n) is 1.86. The van der Waals surface area contributed by atoms with Crippen molar-refractivity contribution in [2.45, 2.75) is 35.9 Å². The van der Waals surface area contributed by atoms with Crippen LogP contribution in [0.2, 0.25) is 0 Å². The number of hydrogen-bond donors (Lipinski definition) is 1. The number of carbonyl (C=O) groups excluding carboxylic acids is 1. The van der Waals surface area contributed by atoms with Gasteiger partial charge in [0.2, 0.25) is 15.9 Å². The van der Waals surface area contributed by atoms with E-state index in [1.165, 1.54) is 12.5 Å².